The second-order valence-electron chi connectivity index (χ2n) is 3.34. The quantitative estimate of drug-likeness (QED) is 0.593. The number of hydrogen-bond acceptors (Lipinski definition) is 6. The van der Waals surface area contributed by atoms with Crippen LogP contribution in [0.25, 0.3) is 0 Å². The lowest BCUT2D eigenvalue weighted by molar-refractivity contribution is 0.0994. The summed E-state index contributed by atoms with van der Waals surface area (Å²) in [6, 6.07) is 4.41. The van der Waals surface area contributed by atoms with Crippen molar-refractivity contribution in [2.24, 2.45) is 5.73 Å². The van der Waals surface area contributed by atoms with E-state index in [1.807, 2.05) is 0 Å². The fourth-order valence-electron chi connectivity index (χ4n) is 0.948. The van der Waals surface area contributed by atoms with Gasteiger partial charge in [0.15, 0.2) is 5.69 Å². The average molecular weight is 418 g/mol. The predicted octanol–water partition coefficient (Wildman–Crippen LogP) is 0.0354. The van der Waals surface area contributed by atoms with Crippen molar-refractivity contribution in [3.8, 4) is 6.07 Å². The summed E-state index contributed by atoms with van der Waals surface area (Å²) >= 11 is 5.87. The maximum Gasteiger partial charge on any atom is 0.278 e. The third kappa shape index (κ3) is 4.93. The molecule has 4 N–H and O–H groups in total. The summed E-state index contributed by atoms with van der Waals surface area (Å²) in [6.07, 6.45) is 0. The van der Waals surface area contributed by atoms with Gasteiger partial charge in [0.1, 0.15) is 11.8 Å². The molecule has 21 heavy (non-hydrogen) atoms. The van der Waals surface area contributed by atoms with Gasteiger partial charge in [0.05, 0.1) is 8.95 Å². The van der Waals surface area contributed by atoms with Crippen molar-refractivity contribution < 1.29 is 4.79 Å². The van der Waals surface area contributed by atoms with Gasteiger partial charge in [0, 0.05) is 0 Å². The van der Waals surface area contributed by atoms with Crippen molar-refractivity contribution in [2.75, 3.05) is 0 Å². The maximum atomic E-state index is 10.7. The van der Waals surface area contributed by atoms with Gasteiger partial charge in [0.2, 0.25) is 0 Å². The summed E-state index contributed by atoms with van der Waals surface area (Å²) in [6.45, 7) is 0. The van der Waals surface area contributed by atoms with E-state index >= 15 is 0 Å². The summed E-state index contributed by atoms with van der Waals surface area (Å²) < 4.78 is 0.556. The molecule has 0 aromatic carbocycles. The first kappa shape index (κ1) is 16.7. The Bertz CT molecular complexity index is 823. The summed E-state index contributed by atoms with van der Waals surface area (Å²) in [4.78, 5) is 31.8. The second-order valence-corrected chi connectivity index (χ2v) is 5.05. The zero-order valence-corrected chi connectivity index (χ0v) is 13.2. The van der Waals surface area contributed by atoms with E-state index < -0.39 is 11.5 Å². The summed E-state index contributed by atoms with van der Waals surface area (Å²) in [5.41, 5.74) is 4.37. The third-order valence-corrected chi connectivity index (χ3v) is 3.06. The third-order valence-electron chi connectivity index (χ3n) is 1.88. The minimum Gasteiger partial charge on any atom is -0.364 e. The molecule has 0 aliphatic rings. The Morgan fingerprint density at radius 3 is 2.10 bits per heavy atom. The van der Waals surface area contributed by atoms with E-state index in [1.54, 1.807) is 6.07 Å². The standard InChI is InChI=1S/C5H4BrN3O2.C5H2BrN3O/c6-2-1-3(4(7)10)8-9-5(2)11;6-4-1-3(2-7)8-9-5(4)10/h1H,(H2,7,10)(H,9,11);1H,(H,9,10). The number of halogens is 2. The van der Waals surface area contributed by atoms with Gasteiger partial charge >= 0.3 is 0 Å². The lowest BCUT2D eigenvalue weighted by Crippen LogP contribution is -2.18. The van der Waals surface area contributed by atoms with Gasteiger partial charge in [0.25, 0.3) is 17.0 Å². The minimum absolute atomic E-state index is 0.0245. The van der Waals surface area contributed by atoms with E-state index in [2.05, 4.69) is 52.3 Å². The Hall–Kier alpha value is -2.32. The molecule has 0 atom stereocenters. The minimum atomic E-state index is -0.679. The summed E-state index contributed by atoms with van der Waals surface area (Å²) in [5.74, 6) is -0.679. The van der Waals surface area contributed by atoms with Crippen LogP contribution in [-0.2, 0) is 0 Å². The number of primary amides is 1. The number of nitriles is 1. The first-order valence-corrected chi connectivity index (χ1v) is 6.64. The monoisotopic (exact) mass is 416 g/mol. The molecule has 2 aromatic rings. The molecule has 0 bridgehead atoms. The van der Waals surface area contributed by atoms with Crippen LogP contribution < -0.4 is 16.9 Å². The molecule has 2 aromatic heterocycles. The number of nitrogens with one attached hydrogen (secondary N) is 2. The topological polar surface area (TPSA) is 158 Å². The molecule has 2 rings (SSSR count). The van der Waals surface area contributed by atoms with Crippen LogP contribution in [0.1, 0.15) is 16.2 Å². The number of H-pyrrole nitrogens is 2. The molecular formula is C10H6Br2N6O3. The average Bonchev–Trinajstić information content (AvgIpc) is 2.45. The second kappa shape index (κ2) is 7.46. The van der Waals surface area contributed by atoms with Gasteiger partial charge < -0.3 is 5.73 Å². The van der Waals surface area contributed by atoms with Gasteiger partial charge in [-0.2, -0.15) is 15.5 Å². The SMILES string of the molecule is N#Cc1cc(Br)c(=O)[nH]n1.NC(=O)c1cc(Br)c(=O)[nH]n1. The number of nitrogens with zero attached hydrogens (tertiary/aromatic N) is 3. The Balaban J connectivity index is 0.000000211. The van der Waals surface area contributed by atoms with Gasteiger partial charge in [-0.1, -0.05) is 0 Å². The molecule has 0 fully saturated rings. The van der Waals surface area contributed by atoms with Crippen molar-refractivity contribution in [1.82, 2.24) is 20.4 Å². The smallest absolute Gasteiger partial charge is 0.278 e. The van der Waals surface area contributed by atoms with E-state index in [0.29, 0.717) is 4.47 Å². The molecule has 0 saturated carbocycles. The van der Waals surface area contributed by atoms with Crippen LogP contribution in [0, 0.1) is 11.3 Å². The fourth-order valence-corrected chi connectivity index (χ4v) is 1.56. The number of hydrogen-bond donors (Lipinski definition) is 3. The Morgan fingerprint density at radius 2 is 1.67 bits per heavy atom. The molecule has 108 valence electrons. The zero-order valence-electron chi connectivity index (χ0n) is 10.1. The van der Waals surface area contributed by atoms with Gasteiger partial charge in [-0.15, -0.1) is 0 Å². The molecule has 0 saturated heterocycles. The van der Waals surface area contributed by atoms with Gasteiger partial charge in [-0.3, -0.25) is 14.4 Å². The normalized spacial score (nSPS) is 9.19. The molecular weight excluding hydrogens is 412 g/mol. The van der Waals surface area contributed by atoms with Crippen LogP contribution in [0.15, 0.2) is 30.7 Å². The molecule has 0 aliphatic heterocycles. The lowest BCUT2D eigenvalue weighted by atomic mass is 10.4. The molecule has 0 radical (unpaired) electrons. The van der Waals surface area contributed by atoms with Crippen LogP contribution in [0.3, 0.4) is 0 Å². The van der Waals surface area contributed by atoms with E-state index in [9.17, 15) is 14.4 Å². The molecule has 0 aliphatic carbocycles. The fraction of sp³-hybridized carbons (Fsp3) is 0. The first-order valence-electron chi connectivity index (χ1n) is 5.05. The van der Waals surface area contributed by atoms with Gasteiger partial charge in [-0.25, -0.2) is 10.2 Å². The molecule has 1 amide bonds. The van der Waals surface area contributed by atoms with Crippen molar-refractivity contribution in [3.05, 3.63) is 53.2 Å². The molecule has 11 heteroatoms. The number of aromatic amines is 2. The molecule has 9 nitrogen and oxygen atoms in total. The summed E-state index contributed by atoms with van der Waals surface area (Å²) in [7, 11) is 0. The largest absolute Gasteiger partial charge is 0.364 e. The maximum absolute atomic E-state index is 10.7. The number of aromatic nitrogens is 4. The first-order chi connectivity index (χ1) is 9.85. The van der Waals surface area contributed by atoms with Crippen molar-refractivity contribution in [3.63, 3.8) is 0 Å². The van der Waals surface area contributed by atoms with Crippen LogP contribution in [0.5, 0.6) is 0 Å². The zero-order chi connectivity index (χ0) is 16.0. The summed E-state index contributed by atoms with van der Waals surface area (Å²) in [5, 5.41) is 19.4. The number of carbonyl (C=O) groups excluding carboxylic acids is 1. The van der Waals surface area contributed by atoms with Crippen LogP contribution >= 0.6 is 31.9 Å². The molecule has 2 heterocycles. The molecule has 0 spiro atoms. The Morgan fingerprint density at radius 1 is 1.14 bits per heavy atom. The number of carbonyl (C=O) groups is 1. The highest BCUT2D eigenvalue weighted by molar-refractivity contribution is 9.10. The van der Waals surface area contributed by atoms with Crippen LogP contribution in [0.4, 0.5) is 0 Å². The number of amides is 1. The number of nitrogens with two attached hydrogens (primary N) is 1. The van der Waals surface area contributed by atoms with Crippen molar-refractivity contribution in [1.29, 1.82) is 5.26 Å². The highest BCUT2D eigenvalue weighted by Gasteiger charge is 2.04. The highest BCUT2D eigenvalue weighted by atomic mass is 79.9. The van der Waals surface area contributed by atoms with Crippen LogP contribution in [0.2, 0.25) is 0 Å². The Labute approximate surface area is 133 Å². The van der Waals surface area contributed by atoms with Crippen LogP contribution in [-0.4, -0.2) is 26.3 Å². The van der Waals surface area contributed by atoms with E-state index in [1.165, 1.54) is 12.1 Å². The predicted molar refractivity (Wildman–Crippen MR) is 78.3 cm³/mol. The van der Waals surface area contributed by atoms with E-state index in [0.717, 1.165) is 0 Å². The van der Waals surface area contributed by atoms with E-state index in [-0.39, 0.29) is 21.4 Å². The van der Waals surface area contributed by atoms with E-state index in [4.69, 9.17) is 11.0 Å². The lowest BCUT2D eigenvalue weighted by Gasteiger charge is -1.92. The Kier molecular flexibility index (Phi) is 5.94. The highest BCUT2D eigenvalue weighted by Crippen LogP contribution is 2.01. The molecule has 0 unspecified atom stereocenters. The van der Waals surface area contributed by atoms with Crippen molar-refractivity contribution in [2.45, 2.75) is 0 Å². The van der Waals surface area contributed by atoms with Crippen molar-refractivity contribution >= 4 is 37.8 Å². The van der Waals surface area contributed by atoms with Gasteiger partial charge in [-0.05, 0) is 44.0 Å². The number of rotatable bonds is 1.